The lowest BCUT2D eigenvalue weighted by atomic mass is 10.5. The Kier molecular flexibility index (Phi) is 2.77. The maximum atomic E-state index is 10.4. The second-order valence-electron chi connectivity index (χ2n) is 2.73. The number of carboxylic acids is 1. The number of hydrogen-bond acceptors (Lipinski definition) is 3. The molecule has 5 nitrogen and oxygen atoms in total. The Hall–Kier alpha value is -1.23. The van der Waals surface area contributed by atoms with Crippen LogP contribution in [0, 0.1) is 0 Å². The number of fused-ring (bicyclic) bond motifs is 1. The Labute approximate surface area is 81.4 Å². The van der Waals surface area contributed by atoms with E-state index < -0.39 is 5.97 Å². The van der Waals surface area contributed by atoms with Crippen LogP contribution in [-0.2, 0) is 11.3 Å². The molecule has 0 aliphatic carbocycles. The monoisotopic (exact) mass is 203 g/mol. The van der Waals surface area contributed by atoms with Gasteiger partial charge in [-0.15, -0.1) is 12.4 Å². The summed E-state index contributed by atoms with van der Waals surface area (Å²) in [6.07, 6.45) is 1.68. The van der Waals surface area contributed by atoms with E-state index in [1.807, 2.05) is 10.7 Å². The first kappa shape index (κ1) is 9.85. The molecule has 1 aromatic heterocycles. The fraction of sp³-hybridized carbons (Fsp3) is 0.429. The quantitative estimate of drug-likeness (QED) is 0.747. The highest BCUT2D eigenvalue weighted by Crippen LogP contribution is 2.18. The highest BCUT2D eigenvalue weighted by atomic mass is 35.5. The van der Waals surface area contributed by atoms with Crippen LogP contribution >= 0.6 is 12.4 Å². The summed E-state index contributed by atoms with van der Waals surface area (Å²) in [6.45, 7) is 1.59. The van der Waals surface area contributed by atoms with Gasteiger partial charge in [-0.3, -0.25) is 4.79 Å². The van der Waals surface area contributed by atoms with E-state index in [4.69, 9.17) is 5.11 Å². The number of aromatic nitrogens is 2. The van der Waals surface area contributed by atoms with E-state index in [0.717, 1.165) is 18.9 Å². The van der Waals surface area contributed by atoms with E-state index in [9.17, 15) is 4.79 Å². The summed E-state index contributed by atoms with van der Waals surface area (Å²) in [6, 6.07) is 1.83. The second kappa shape index (κ2) is 3.66. The lowest BCUT2D eigenvalue weighted by Crippen LogP contribution is -2.27. The Balaban J connectivity index is 0.000000845. The SMILES string of the molecule is Cl.O=C(O)CN1CCn2nccc21. The van der Waals surface area contributed by atoms with Gasteiger partial charge in [0.05, 0.1) is 12.7 Å². The second-order valence-corrected chi connectivity index (χ2v) is 2.73. The Morgan fingerprint density at radius 3 is 3.08 bits per heavy atom. The van der Waals surface area contributed by atoms with Gasteiger partial charge in [0.1, 0.15) is 12.4 Å². The molecule has 1 N–H and O–H groups in total. The molecule has 0 spiro atoms. The number of anilines is 1. The standard InChI is InChI=1S/C7H9N3O2.ClH/c11-7(12)5-9-3-4-10-6(9)1-2-8-10;/h1-2H,3-5H2,(H,11,12);1H. The van der Waals surface area contributed by atoms with Crippen molar-refractivity contribution in [2.24, 2.45) is 0 Å². The first-order valence-corrected chi connectivity index (χ1v) is 3.76. The van der Waals surface area contributed by atoms with Gasteiger partial charge < -0.3 is 10.0 Å². The maximum absolute atomic E-state index is 10.4. The van der Waals surface area contributed by atoms with Gasteiger partial charge in [-0.1, -0.05) is 0 Å². The van der Waals surface area contributed by atoms with Crippen LogP contribution in [0.25, 0.3) is 0 Å². The van der Waals surface area contributed by atoms with Crippen LogP contribution in [0.4, 0.5) is 5.82 Å². The first-order valence-electron chi connectivity index (χ1n) is 3.76. The normalized spacial score (nSPS) is 13.7. The van der Waals surface area contributed by atoms with E-state index in [-0.39, 0.29) is 19.0 Å². The van der Waals surface area contributed by atoms with Gasteiger partial charge in [-0.2, -0.15) is 5.10 Å². The number of carbonyl (C=O) groups is 1. The highest BCUT2D eigenvalue weighted by molar-refractivity contribution is 5.85. The molecule has 0 radical (unpaired) electrons. The fourth-order valence-electron chi connectivity index (χ4n) is 1.42. The third-order valence-corrected chi connectivity index (χ3v) is 1.93. The van der Waals surface area contributed by atoms with Crippen LogP contribution < -0.4 is 4.90 Å². The summed E-state index contributed by atoms with van der Waals surface area (Å²) in [5.41, 5.74) is 0. The molecule has 0 fully saturated rings. The smallest absolute Gasteiger partial charge is 0.323 e. The van der Waals surface area contributed by atoms with Crippen LogP contribution in [0.2, 0.25) is 0 Å². The number of hydrogen-bond donors (Lipinski definition) is 1. The number of carboxylic acid groups (broad SMARTS) is 1. The number of rotatable bonds is 2. The van der Waals surface area contributed by atoms with Crippen molar-refractivity contribution < 1.29 is 9.90 Å². The zero-order valence-corrected chi connectivity index (χ0v) is 7.70. The molecule has 72 valence electrons. The highest BCUT2D eigenvalue weighted by Gasteiger charge is 2.20. The predicted molar refractivity (Wildman–Crippen MR) is 49.3 cm³/mol. The van der Waals surface area contributed by atoms with Crippen LogP contribution in [0.1, 0.15) is 0 Å². The third kappa shape index (κ3) is 1.75. The van der Waals surface area contributed by atoms with Crippen molar-refractivity contribution in [2.75, 3.05) is 18.0 Å². The van der Waals surface area contributed by atoms with Crippen LogP contribution in [0.15, 0.2) is 12.3 Å². The molecule has 1 aromatic rings. The summed E-state index contributed by atoms with van der Waals surface area (Å²) in [7, 11) is 0. The van der Waals surface area contributed by atoms with Crippen molar-refractivity contribution in [3.8, 4) is 0 Å². The molecular weight excluding hydrogens is 194 g/mol. The van der Waals surface area contributed by atoms with Gasteiger partial charge in [0, 0.05) is 12.6 Å². The van der Waals surface area contributed by atoms with Crippen molar-refractivity contribution in [2.45, 2.75) is 6.54 Å². The van der Waals surface area contributed by atoms with Crippen LogP contribution in [-0.4, -0.2) is 33.9 Å². The van der Waals surface area contributed by atoms with Gasteiger partial charge >= 0.3 is 5.97 Å². The largest absolute Gasteiger partial charge is 0.480 e. The topological polar surface area (TPSA) is 58.4 Å². The van der Waals surface area contributed by atoms with E-state index in [1.54, 1.807) is 11.1 Å². The van der Waals surface area contributed by atoms with Crippen molar-refractivity contribution >= 4 is 24.2 Å². The Morgan fingerprint density at radius 2 is 2.38 bits per heavy atom. The minimum Gasteiger partial charge on any atom is -0.480 e. The molecule has 2 rings (SSSR count). The summed E-state index contributed by atoms with van der Waals surface area (Å²) in [5, 5.41) is 12.6. The van der Waals surface area contributed by atoms with Crippen LogP contribution in [0.3, 0.4) is 0 Å². The van der Waals surface area contributed by atoms with E-state index in [1.165, 1.54) is 0 Å². The van der Waals surface area contributed by atoms with E-state index >= 15 is 0 Å². The van der Waals surface area contributed by atoms with Crippen molar-refractivity contribution in [3.05, 3.63) is 12.3 Å². The van der Waals surface area contributed by atoms with Crippen molar-refractivity contribution in [1.82, 2.24) is 9.78 Å². The van der Waals surface area contributed by atoms with Gasteiger partial charge in [-0.05, 0) is 0 Å². The first-order chi connectivity index (χ1) is 5.77. The summed E-state index contributed by atoms with van der Waals surface area (Å²) >= 11 is 0. The number of aliphatic carboxylic acids is 1. The van der Waals surface area contributed by atoms with Gasteiger partial charge in [-0.25, -0.2) is 4.68 Å². The average Bonchev–Trinajstić information content (AvgIpc) is 2.52. The van der Waals surface area contributed by atoms with E-state index in [2.05, 4.69) is 5.10 Å². The van der Waals surface area contributed by atoms with Gasteiger partial charge in [0.2, 0.25) is 0 Å². The molecule has 0 saturated carbocycles. The van der Waals surface area contributed by atoms with E-state index in [0.29, 0.717) is 0 Å². The summed E-state index contributed by atoms with van der Waals surface area (Å²) in [5.74, 6) is 0.0991. The van der Waals surface area contributed by atoms with Crippen molar-refractivity contribution in [1.29, 1.82) is 0 Å². The minimum absolute atomic E-state index is 0. The molecule has 0 amide bonds. The van der Waals surface area contributed by atoms with Crippen molar-refractivity contribution in [3.63, 3.8) is 0 Å². The lowest BCUT2D eigenvalue weighted by Gasteiger charge is -2.12. The molecule has 0 saturated heterocycles. The fourth-order valence-corrected chi connectivity index (χ4v) is 1.42. The molecule has 0 bridgehead atoms. The third-order valence-electron chi connectivity index (χ3n) is 1.93. The molecule has 0 unspecified atom stereocenters. The zero-order valence-electron chi connectivity index (χ0n) is 6.88. The Morgan fingerprint density at radius 1 is 1.62 bits per heavy atom. The average molecular weight is 204 g/mol. The van der Waals surface area contributed by atoms with Gasteiger partial charge in [0.15, 0.2) is 0 Å². The Bertz CT molecular complexity index is 312. The molecular formula is C7H10ClN3O2. The molecule has 0 aromatic carbocycles. The molecule has 2 heterocycles. The number of nitrogens with zero attached hydrogens (tertiary/aromatic N) is 3. The van der Waals surface area contributed by atoms with Crippen LogP contribution in [0.5, 0.6) is 0 Å². The molecule has 6 heteroatoms. The summed E-state index contributed by atoms with van der Waals surface area (Å²) in [4.78, 5) is 12.2. The lowest BCUT2D eigenvalue weighted by molar-refractivity contribution is -0.135. The zero-order chi connectivity index (χ0) is 8.55. The summed E-state index contributed by atoms with van der Waals surface area (Å²) < 4.78 is 1.81. The molecule has 1 aliphatic heterocycles. The molecule has 13 heavy (non-hydrogen) atoms. The number of halogens is 1. The van der Waals surface area contributed by atoms with Gasteiger partial charge in [0.25, 0.3) is 0 Å². The molecule has 0 atom stereocenters. The predicted octanol–water partition coefficient (Wildman–Crippen LogP) is 0.209. The minimum atomic E-state index is -0.801. The molecule has 1 aliphatic rings. The maximum Gasteiger partial charge on any atom is 0.323 e.